The van der Waals surface area contributed by atoms with Crippen LogP contribution in [0.3, 0.4) is 0 Å². The highest BCUT2D eigenvalue weighted by Crippen LogP contribution is 2.16. The first-order valence-corrected chi connectivity index (χ1v) is 4.77. The van der Waals surface area contributed by atoms with Gasteiger partial charge in [0.15, 0.2) is 0 Å². The lowest BCUT2D eigenvalue weighted by atomic mass is 10.3. The summed E-state index contributed by atoms with van der Waals surface area (Å²) >= 11 is 0. The van der Waals surface area contributed by atoms with Gasteiger partial charge in [-0.3, -0.25) is 0 Å². The number of hydrogen-bond acceptors (Lipinski definition) is 4. The van der Waals surface area contributed by atoms with Crippen molar-refractivity contribution in [3.05, 3.63) is 24.3 Å². The van der Waals surface area contributed by atoms with Crippen molar-refractivity contribution in [2.75, 3.05) is 27.4 Å². The van der Waals surface area contributed by atoms with Crippen LogP contribution in [0.5, 0.6) is 11.5 Å². The lowest BCUT2D eigenvalue weighted by Crippen LogP contribution is -2.32. The standard InChI is InChI=1S/C11H17NO3/c1-13-7-9(12)8-15-11-5-3-10(14-2)4-6-11/h3-6,9H,7-8,12H2,1-2H3. The molecular formula is C11H17NO3. The monoisotopic (exact) mass is 211 g/mol. The molecule has 4 heteroatoms. The number of nitrogens with two attached hydrogens (primary N) is 1. The zero-order chi connectivity index (χ0) is 11.1. The summed E-state index contributed by atoms with van der Waals surface area (Å²) in [5, 5.41) is 0. The summed E-state index contributed by atoms with van der Waals surface area (Å²) in [6.07, 6.45) is 0. The average molecular weight is 211 g/mol. The first-order chi connectivity index (χ1) is 7.26. The molecule has 4 nitrogen and oxygen atoms in total. The predicted octanol–water partition coefficient (Wildman–Crippen LogP) is 1.05. The molecule has 0 spiro atoms. The quantitative estimate of drug-likeness (QED) is 0.764. The van der Waals surface area contributed by atoms with Gasteiger partial charge in [0.05, 0.1) is 19.8 Å². The number of methoxy groups -OCH3 is 2. The van der Waals surface area contributed by atoms with Gasteiger partial charge in [-0.25, -0.2) is 0 Å². The topological polar surface area (TPSA) is 53.7 Å². The normalized spacial score (nSPS) is 12.2. The van der Waals surface area contributed by atoms with Crippen molar-refractivity contribution in [2.45, 2.75) is 6.04 Å². The number of hydrogen-bond donors (Lipinski definition) is 1. The van der Waals surface area contributed by atoms with Crippen molar-refractivity contribution in [1.82, 2.24) is 0 Å². The smallest absolute Gasteiger partial charge is 0.119 e. The van der Waals surface area contributed by atoms with Gasteiger partial charge in [0.25, 0.3) is 0 Å². The number of rotatable bonds is 6. The van der Waals surface area contributed by atoms with Crippen LogP contribution < -0.4 is 15.2 Å². The fraction of sp³-hybridized carbons (Fsp3) is 0.455. The molecule has 0 aromatic heterocycles. The van der Waals surface area contributed by atoms with Crippen molar-refractivity contribution < 1.29 is 14.2 Å². The maximum absolute atomic E-state index is 5.71. The summed E-state index contributed by atoms with van der Waals surface area (Å²) in [6.45, 7) is 0.941. The fourth-order valence-electron chi connectivity index (χ4n) is 1.14. The van der Waals surface area contributed by atoms with Gasteiger partial charge in [0.2, 0.25) is 0 Å². The van der Waals surface area contributed by atoms with Crippen LogP contribution in [0.1, 0.15) is 0 Å². The Kier molecular flexibility index (Phi) is 4.93. The van der Waals surface area contributed by atoms with Crippen molar-refractivity contribution in [3.8, 4) is 11.5 Å². The minimum Gasteiger partial charge on any atom is -0.497 e. The zero-order valence-corrected chi connectivity index (χ0v) is 9.10. The number of ether oxygens (including phenoxy) is 3. The van der Waals surface area contributed by atoms with Gasteiger partial charge in [0, 0.05) is 7.11 Å². The maximum atomic E-state index is 5.71. The molecule has 0 fully saturated rings. The summed E-state index contributed by atoms with van der Waals surface area (Å²) in [5.41, 5.74) is 5.71. The highest BCUT2D eigenvalue weighted by Gasteiger charge is 2.02. The second-order valence-electron chi connectivity index (χ2n) is 3.20. The van der Waals surface area contributed by atoms with E-state index in [2.05, 4.69) is 0 Å². The van der Waals surface area contributed by atoms with E-state index in [1.54, 1.807) is 14.2 Å². The van der Waals surface area contributed by atoms with Crippen LogP contribution in [-0.4, -0.2) is 33.5 Å². The lowest BCUT2D eigenvalue weighted by molar-refractivity contribution is 0.152. The summed E-state index contributed by atoms with van der Waals surface area (Å²) in [7, 11) is 3.25. The van der Waals surface area contributed by atoms with Gasteiger partial charge in [0.1, 0.15) is 18.1 Å². The largest absolute Gasteiger partial charge is 0.497 e. The highest BCUT2D eigenvalue weighted by atomic mass is 16.5. The van der Waals surface area contributed by atoms with Gasteiger partial charge in [-0.2, -0.15) is 0 Å². The molecule has 2 N–H and O–H groups in total. The van der Waals surface area contributed by atoms with Crippen LogP contribution >= 0.6 is 0 Å². The van der Waals surface area contributed by atoms with Gasteiger partial charge in [-0.1, -0.05) is 0 Å². The lowest BCUT2D eigenvalue weighted by Gasteiger charge is -2.12. The Morgan fingerprint density at radius 2 is 1.67 bits per heavy atom. The molecule has 0 aliphatic rings. The van der Waals surface area contributed by atoms with Crippen LogP contribution in [0.15, 0.2) is 24.3 Å². The summed E-state index contributed by atoms with van der Waals surface area (Å²) in [4.78, 5) is 0. The summed E-state index contributed by atoms with van der Waals surface area (Å²) in [5.74, 6) is 1.59. The van der Waals surface area contributed by atoms with Crippen LogP contribution in [-0.2, 0) is 4.74 Å². The molecule has 84 valence electrons. The third kappa shape index (κ3) is 4.18. The first-order valence-electron chi connectivity index (χ1n) is 4.77. The second-order valence-corrected chi connectivity index (χ2v) is 3.20. The Balaban J connectivity index is 2.37. The van der Waals surface area contributed by atoms with Crippen molar-refractivity contribution in [3.63, 3.8) is 0 Å². The molecule has 0 amide bonds. The van der Waals surface area contributed by atoms with Crippen LogP contribution in [0, 0.1) is 0 Å². The Labute approximate surface area is 89.9 Å². The molecule has 0 heterocycles. The molecule has 0 aliphatic heterocycles. The molecule has 0 aliphatic carbocycles. The third-order valence-corrected chi connectivity index (χ3v) is 1.90. The molecule has 0 bridgehead atoms. The van der Waals surface area contributed by atoms with Gasteiger partial charge in [-0.15, -0.1) is 0 Å². The van der Waals surface area contributed by atoms with Gasteiger partial charge in [-0.05, 0) is 24.3 Å². The molecule has 1 atom stereocenters. The van der Waals surface area contributed by atoms with Gasteiger partial charge >= 0.3 is 0 Å². The van der Waals surface area contributed by atoms with Crippen LogP contribution in [0.4, 0.5) is 0 Å². The molecule has 0 saturated heterocycles. The second kappa shape index (κ2) is 6.27. The van der Waals surface area contributed by atoms with E-state index in [0.717, 1.165) is 11.5 Å². The predicted molar refractivity (Wildman–Crippen MR) is 58.3 cm³/mol. The Hall–Kier alpha value is -1.26. The maximum Gasteiger partial charge on any atom is 0.119 e. The zero-order valence-electron chi connectivity index (χ0n) is 9.10. The number of benzene rings is 1. The van der Waals surface area contributed by atoms with E-state index >= 15 is 0 Å². The van der Waals surface area contributed by atoms with E-state index in [9.17, 15) is 0 Å². The average Bonchev–Trinajstić information content (AvgIpc) is 2.27. The molecule has 1 aromatic carbocycles. The van der Waals surface area contributed by atoms with Crippen molar-refractivity contribution in [2.24, 2.45) is 5.73 Å². The summed E-state index contributed by atoms with van der Waals surface area (Å²) in [6, 6.07) is 7.28. The van der Waals surface area contributed by atoms with E-state index in [1.807, 2.05) is 24.3 Å². The minimum atomic E-state index is -0.0999. The molecule has 0 radical (unpaired) electrons. The highest BCUT2D eigenvalue weighted by molar-refractivity contribution is 5.31. The molecule has 1 unspecified atom stereocenters. The Morgan fingerprint density at radius 1 is 1.07 bits per heavy atom. The molecule has 1 aromatic rings. The molecule has 0 saturated carbocycles. The van der Waals surface area contributed by atoms with E-state index < -0.39 is 0 Å². The molecule has 1 rings (SSSR count). The van der Waals surface area contributed by atoms with E-state index in [1.165, 1.54) is 0 Å². The molecular weight excluding hydrogens is 194 g/mol. The first kappa shape index (κ1) is 11.8. The third-order valence-electron chi connectivity index (χ3n) is 1.90. The van der Waals surface area contributed by atoms with Gasteiger partial charge < -0.3 is 19.9 Å². The SMILES string of the molecule is COCC(N)COc1ccc(OC)cc1. The van der Waals surface area contributed by atoms with Crippen molar-refractivity contribution in [1.29, 1.82) is 0 Å². The fourth-order valence-corrected chi connectivity index (χ4v) is 1.14. The molecule has 15 heavy (non-hydrogen) atoms. The minimum absolute atomic E-state index is 0.0999. The van der Waals surface area contributed by atoms with E-state index in [-0.39, 0.29) is 6.04 Å². The van der Waals surface area contributed by atoms with Crippen LogP contribution in [0.2, 0.25) is 0 Å². The van der Waals surface area contributed by atoms with E-state index in [0.29, 0.717) is 13.2 Å². The Morgan fingerprint density at radius 3 is 2.20 bits per heavy atom. The summed E-state index contributed by atoms with van der Waals surface area (Å²) < 4.78 is 15.4. The van der Waals surface area contributed by atoms with E-state index in [4.69, 9.17) is 19.9 Å². The van der Waals surface area contributed by atoms with Crippen LogP contribution in [0.25, 0.3) is 0 Å². The van der Waals surface area contributed by atoms with Crippen molar-refractivity contribution >= 4 is 0 Å². The Bertz CT molecular complexity index is 274.